The van der Waals surface area contributed by atoms with Gasteiger partial charge in [-0.05, 0) is 88.4 Å². The molecule has 0 spiro atoms. The first-order valence-electron chi connectivity index (χ1n) is 10.8. The first-order chi connectivity index (χ1) is 15.0. The van der Waals surface area contributed by atoms with E-state index >= 15 is 0 Å². The van der Waals surface area contributed by atoms with E-state index in [-0.39, 0.29) is 22.8 Å². The van der Waals surface area contributed by atoms with E-state index in [0.29, 0.717) is 29.8 Å². The van der Waals surface area contributed by atoms with E-state index in [0.717, 1.165) is 17.5 Å². The van der Waals surface area contributed by atoms with Crippen LogP contribution in [0.2, 0.25) is 0 Å². The average Bonchev–Trinajstić information content (AvgIpc) is 3.19. The largest absolute Gasteiger partial charge is 0.352 e. The standard InChI is InChI=1S/C24H31N3O4S/c1-15(2)25-23(28)21-10-7-11-27(21)24(29)19-8-6-9-20(14-19)26-32(30,31)22-13-17(4)16(3)12-18(22)5/h6,8-9,12-15,21,26H,7,10-11H2,1-5H3,(H,25,28). The number of benzene rings is 2. The number of aryl methyl sites for hydroxylation is 3. The van der Waals surface area contributed by atoms with E-state index in [1.165, 1.54) is 6.07 Å². The molecule has 7 nitrogen and oxygen atoms in total. The Hall–Kier alpha value is -2.87. The van der Waals surface area contributed by atoms with Crippen LogP contribution in [0.25, 0.3) is 0 Å². The van der Waals surface area contributed by atoms with Gasteiger partial charge >= 0.3 is 0 Å². The van der Waals surface area contributed by atoms with Crippen molar-refractivity contribution >= 4 is 27.5 Å². The molecule has 2 aromatic carbocycles. The molecule has 0 bridgehead atoms. The van der Waals surface area contributed by atoms with Crippen molar-refractivity contribution < 1.29 is 18.0 Å². The summed E-state index contributed by atoms with van der Waals surface area (Å²) in [4.78, 5) is 27.4. The van der Waals surface area contributed by atoms with Crippen LogP contribution in [0.4, 0.5) is 5.69 Å². The maximum absolute atomic E-state index is 13.1. The summed E-state index contributed by atoms with van der Waals surface area (Å²) in [5, 5.41) is 2.87. The molecule has 0 saturated carbocycles. The molecule has 1 fully saturated rings. The maximum Gasteiger partial charge on any atom is 0.262 e. The third-order valence-corrected chi connectivity index (χ3v) is 7.21. The zero-order valence-electron chi connectivity index (χ0n) is 19.2. The second-order valence-electron chi connectivity index (χ2n) is 8.71. The van der Waals surface area contributed by atoms with Crippen LogP contribution < -0.4 is 10.0 Å². The summed E-state index contributed by atoms with van der Waals surface area (Å²) in [6.07, 6.45) is 1.36. The predicted octanol–water partition coefficient (Wildman–Crippen LogP) is 3.54. The number of amides is 2. The lowest BCUT2D eigenvalue weighted by molar-refractivity contribution is -0.125. The Morgan fingerprint density at radius 2 is 1.72 bits per heavy atom. The molecule has 8 heteroatoms. The van der Waals surface area contributed by atoms with Crippen LogP contribution in [0.15, 0.2) is 41.3 Å². The topological polar surface area (TPSA) is 95.6 Å². The number of rotatable bonds is 6. The van der Waals surface area contributed by atoms with Crippen molar-refractivity contribution in [1.29, 1.82) is 0 Å². The first kappa shape index (κ1) is 23.8. The molecule has 2 aromatic rings. The van der Waals surface area contributed by atoms with Gasteiger partial charge in [0.25, 0.3) is 15.9 Å². The second-order valence-corrected chi connectivity index (χ2v) is 10.4. The third-order valence-electron chi connectivity index (χ3n) is 5.69. The molecule has 0 aromatic heterocycles. The number of nitrogens with zero attached hydrogens (tertiary/aromatic N) is 1. The molecule has 0 radical (unpaired) electrons. The van der Waals surface area contributed by atoms with Crippen LogP contribution in [0.1, 0.15) is 53.7 Å². The lowest BCUT2D eigenvalue weighted by atomic mass is 10.1. The van der Waals surface area contributed by atoms with Gasteiger partial charge in [-0.3, -0.25) is 14.3 Å². The van der Waals surface area contributed by atoms with Crippen molar-refractivity contribution in [3.63, 3.8) is 0 Å². The molecule has 172 valence electrons. The number of sulfonamides is 1. The normalized spacial score (nSPS) is 16.3. The minimum Gasteiger partial charge on any atom is -0.352 e. The number of hydrogen-bond donors (Lipinski definition) is 2. The highest BCUT2D eigenvalue weighted by Gasteiger charge is 2.34. The fraction of sp³-hybridized carbons (Fsp3) is 0.417. The van der Waals surface area contributed by atoms with Gasteiger partial charge in [-0.25, -0.2) is 8.42 Å². The van der Waals surface area contributed by atoms with Crippen molar-refractivity contribution in [2.24, 2.45) is 0 Å². The van der Waals surface area contributed by atoms with Crippen LogP contribution >= 0.6 is 0 Å². The van der Waals surface area contributed by atoms with E-state index < -0.39 is 16.1 Å². The molecule has 0 aliphatic carbocycles. The second kappa shape index (κ2) is 9.32. The number of carbonyl (C=O) groups excluding carboxylic acids is 2. The summed E-state index contributed by atoms with van der Waals surface area (Å²) in [5.74, 6) is -0.442. The zero-order chi connectivity index (χ0) is 23.6. The molecule has 1 unspecified atom stereocenters. The van der Waals surface area contributed by atoms with Crippen molar-refractivity contribution in [3.05, 3.63) is 58.7 Å². The summed E-state index contributed by atoms with van der Waals surface area (Å²) >= 11 is 0. The Morgan fingerprint density at radius 3 is 2.41 bits per heavy atom. The van der Waals surface area contributed by atoms with Gasteiger partial charge < -0.3 is 10.2 Å². The molecule has 1 aliphatic rings. The number of anilines is 1. The Labute approximate surface area is 190 Å². The van der Waals surface area contributed by atoms with Crippen LogP contribution in [0.5, 0.6) is 0 Å². The van der Waals surface area contributed by atoms with Gasteiger partial charge in [-0.1, -0.05) is 12.1 Å². The minimum atomic E-state index is -3.82. The lowest BCUT2D eigenvalue weighted by Gasteiger charge is -2.25. The van der Waals surface area contributed by atoms with E-state index in [2.05, 4.69) is 10.0 Å². The quantitative estimate of drug-likeness (QED) is 0.694. The predicted molar refractivity (Wildman–Crippen MR) is 125 cm³/mol. The van der Waals surface area contributed by atoms with Gasteiger partial charge in [0, 0.05) is 23.8 Å². The molecule has 32 heavy (non-hydrogen) atoms. The SMILES string of the molecule is Cc1cc(C)c(S(=O)(=O)Nc2cccc(C(=O)N3CCCC3C(=O)NC(C)C)c2)cc1C. The Kier molecular flexibility index (Phi) is 6.93. The smallest absolute Gasteiger partial charge is 0.262 e. The van der Waals surface area contributed by atoms with Crippen LogP contribution in [0.3, 0.4) is 0 Å². The Morgan fingerprint density at radius 1 is 1.03 bits per heavy atom. The van der Waals surface area contributed by atoms with Crippen molar-refractivity contribution in [3.8, 4) is 0 Å². The average molecular weight is 458 g/mol. The number of carbonyl (C=O) groups is 2. The van der Waals surface area contributed by atoms with E-state index in [9.17, 15) is 18.0 Å². The monoisotopic (exact) mass is 457 g/mol. The summed E-state index contributed by atoms with van der Waals surface area (Å²) in [6.45, 7) is 9.82. The fourth-order valence-electron chi connectivity index (χ4n) is 3.98. The molecule has 3 rings (SSSR count). The van der Waals surface area contributed by atoms with Gasteiger partial charge in [-0.15, -0.1) is 0 Å². The number of hydrogen-bond acceptors (Lipinski definition) is 4. The van der Waals surface area contributed by atoms with Crippen molar-refractivity contribution in [2.75, 3.05) is 11.3 Å². The number of nitrogens with one attached hydrogen (secondary N) is 2. The van der Waals surface area contributed by atoms with Gasteiger partial charge in [0.1, 0.15) is 6.04 Å². The van der Waals surface area contributed by atoms with Crippen LogP contribution in [-0.2, 0) is 14.8 Å². The van der Waals surface area contributed by atoms with Crippen molar-refractivity contribution in [2.45, 2.75) is 64.4 Å². The summed E-state index contributed by atoms with van der Waals surface area (Å²) in [5.41, 5.74) is 3.21. The summed E-state index contributed by atoms with van der Waals surface area (Å²) < 4.78 is 28.6. The number of likely N-dealkylation sites (tertiary alicyclic amines) is 1. The summed E-state index contributed by atoms with van der Waals surface area (Å²) in [6, 6.07) is 9.39. The van der Waals surface area contributed by atoms with Crippen molar-refractivity contribution in [1.82, 2.24) is 10.2 Å². The molecule has 1 atom stereocenters. The minimum absolute atomic E-state index is 0.00773. The highest BCUT2D eigenvalue weighted by atomic mass is 32.2. The van der Waals surface area contributed by atoms with E-state index in [1.54, 1.807) is 36.1 Å². The van der Waals surface area contributed by atoms with Crippen LogP contribution in [-0.4, -0.2) is 43.8 Å². The fourth-order valence-corrected chi connectivity index (χ4v) is 5.34. The molecule has 2 amide bonds. The van der Waals surface area contributed by atoms with E-state index in [4.69, 9.17) is 0 Å². The maximum atomic E-state index is 13.1. The molecule has 1 saturated heterocycles. The van der Waals surface area contributed by atoms with Gasteiger partial charge in [0.2, 0.25) is 5.91 Å². The van der Waals surface area contributed by atoms with Gasteiger partial charge in [0.15, 0.2) is 0 Å². The Bertz CT molecular complexity index is 1140. The highest BCUT2D eigenvalue weighted by Crippen LogP contribution is 2.25. The molecular formula is C24H31N3O4S. The lowest BCUT2D eigenvalue weighted by Crippen LogP contribution is -2.47. The zero-order valence-corrected chi connectivity index (χ0v) is 20.0. The third kappa shape index (κ3) is 5.12. The highest BCUT2D eigenvalue weighted by molar-refractivity contribution is 7.92. The molecule has 1 heterocycles. The van der Waals surface area contributed by atoms with E-state index in [1.807, 2.05) is 33.8 Å². The molecular weight excluding hydrogens is 426 g/mol. The molecule has 2 N–H and O–H groups in total. The Balaban J connectivity index is 1.83. The van der Waals surface area contributed by atoms with Gasteiger partial charge in [-0.2, -0.15) is 0 Å². The first-order valence-corrected chi connectivity index (χ1v) is 12.3. The molecule has 1 aliphatic heterocycles. The van der Waals surface area contributed by atoms with Crippen LogP contribution in [0, 0.1) is 20.8 Å². The van der Waals surface area contributed by atoms with Gasteiger partial charge in [0.05, 0.1) is 4.90 Å². The summed E-state index contributed by atoms with van der Waals surface area (Å²) in [7, 11) is -3.82.